The normalized spacial score (nSPS) is 29.7. The van der Waals surface area contributed by atoms with Crippen molar-refractivity contribution >= 4 is 5.69 Å². The lowest BCUT2D eigenvalue weighted by Crippen LogP contribution is -2.49. The molecule has 0 aliphatic carbocycles. The summed E-state index contributed by atoms with van der Waals surface area (Å²) < 4.78 is 6.36. The molecule has 2 atom stereocenters. The molecular weight excluding hydrogens is 260 g/mol. The van der Waals surface area contributed by atoms with Crippen molar-refractivity contribution in [3.8, 4) is 0 Å². The smallest absolute Gasteiger partial charge is 0.0790 e. The van der Waals surface area contributed by atoms with Gasteiger partial charge < -0.3 is 15.0 Å². The fraction of sp³-hybridized carbons (Fsp3) is 0.667. The van der Waals surface area contributed by atoms with Crippen LogP contribution in [0.1, 0.15) is 33.3 Å². The van der Waals surface area contributed by atoms with Gasteiger partial charge in [-0.1, -0.05) is 18.2 Å². The summed E-state index contributed by atoms with van der Waals surface area (Å²) in [5, 5.41) is 3.51. The van der Waals surface area contributed by atoms with E-state index in [1.54, 1.807) is 0 Å². The minimum atomic E-state index is -0.123. The minimum Gasteiger partial charge on any atom is -0.371 e. The number of likely N-dealkylation sites (N-methyl/N-ethyl adjacent to an activating group) is 1. The third kappa shape index (κ3) is 2.47. The van der Waals surface area contributed by atoms with Crippen LogP contribution in [0.2, 0.25) is 0 Å². The van der Waals surface area contributed by atoms with Crippen LogP contribution in [0.4, 0.5) is 5.69 Å². The molecule has 0 spiro atoms. The lowest BCUT2D eigenvalue weighted by atomic mass is 9.82. The number of para-hydroxylation sites is 1. The van der Waals surface area contributed by atoms with Gasteiger partial charge in [-0.25, -0.2) is 0 Å². The number of hydrogen-bond acceptors (Lipinski definition) is 3. The van der Waals surface area contributed by atoms with E-state index in [0.717, 1.165) is 19.5 Å². The average molecular weight is 288 g/mol. The van der Waals surface area contributed by atoms with Crippen LogP contribution in [0.25, 0.3) is 0 Å². The Bertz CT molecular complexity index is 524. The van der Waals surface area contributed by atoms with Gasteiger partial charge in [0.15, 0.2) is 0 Å². The second kappa shape index (κ2) is 4.99. The van der Waals surface area contributed by atoms with Crippen molar-refractivity contribution in [1.29, 1.82) is 0 Å². The lowest BCUT2D eigenvalue weighted by molar-refractivity contribution is -0.0768. The van der Waals surface area contributed by atoms with Gasteiger partial charge in [0, 0.05) is 30.7 Å². The lowest BCUT2D eigenvalue weighted by Gasteiger charge is -2.33. The highest BCUT2D eigenvalue weighted by Crippen LogP contribution is 2.43. The summed E-state index contributed by atoms with van der Waals surface area (Å²) in [6.45, 7) is 11.1. The zero-order valence-electron chi connectivity index (χ0n) is 13.9. The van der Waals surface area contributed by atoms with E-state index in [9.17, 15) is 0 Å². The molecule has 0 saturated carbocycles. The van der Waals surface area contributed by atoms with E-state index in [2.05, 4.69) is 69.2 Å². The molecule has 3 rings (SSSR count). The fourth-order valence-electron chi connectivity index (χ4n) is 4.41. The van der Waals surface area contributed by atoms with Gasteiger partial charge >= 0.3 is 0 Å². The molecule has 1 aromatic carbocycles. The number of nitrogens with one attached hydrogen (secondary N) is 1. The molecule has 1 N–H and O–H groups in total. The molecule has 2 unspecified atom stereocenters. The van der Waals surface area contributed by atoms with Gasteiger partial charge in [-0.2, -0.15) is 0 Å². The summed E-state index contributed by atoms with van der Waals surface area (Å²) in [5.74, 6) is 0.476. The second-order valence-corrected chi connectivity index (χ2v) is 7.51. The maximum absolute atomic E-state index is 6.36. The molecule has 1 fully saturated rings. The monoisotopic (exact) mass is 288 g/mol. The number of nitrogens with zero attached hydrogens (tertiary/aromatic N) is 1. The van der Waals surface area contributed by atoms with E-state index < -0.39 is 0 Å². The summed E-state index contributed by atoms with van der Waals surface area (Å²) in [6, 6.07) is 9.17. The van der Waals surface area contributed by atoms with Crippen LogP contribution < -0.4 is 10.2 Å². The Morgan fingerprint density at radius 2 is 1.90 bits per heavy atom. The Balaban J connectivity index is 1.84. The van der Waals surface area contributed by atoms with E-state index in [1.807, 2.05) is 0 Å². The summed E-state index contributed by atoms with van der Waals surface area (Å²) in [5.41, 5.74) is 2.67. The van der Waals surface area contributed by atoms with Crippen LogP contribution in [0, 0.1) is 5.92 Å². The average Bonchev–Trinajstić information content (AvgIpc) is 2.87. The minimum absolute atomic E-state index is 0.102. The molecule has 2 aliphatic rings. The summed E-state index contributed by atoms with van der Waals surface area (Å²) in [6.07, 6.45) is 1.16. The first kappa shape index (κ1) is 14.9. The summed E-state index contributed by atoms with van der Waals surface area (Å²) in [7, 11) is 2.06. The van der Waals surface area contributed by atoms with E-state index in [1.165, 1.54) is 11.3 Å². The number of rotatable bonds is 3. The number of anilines is 1. The quantitative estimate of drug-likeness (QED) is 0.925. The number of benzene rings is 1. The van der Waals surface area contributed by atoms with Crippen molar-refractivity contribution < 1.29 is 4.74 Å². The van der Waals surface area contributed by atoms with Crippen molar-refractivity contribution in [2.75, 3.05) is 25.0 Å². The molecular formula is C18H28N2O. The van der Waals surface area contributed by atoms with Gasteiger partial charge in [0.1, 0.15) is 0 Å². The first-order valence-electron chi connectivity index (χ1n) is 8.05. The van der Waals surface area contributed by atoms with Gasteiger partial charge in [-0.15, -0.1) is 0 Å². The Hall–Kier alpha value is -1.06. The van der Waals surface area contributed by atoms with Crippen molar-refractivity contribution in [2.45, 2.75) is 51.4 Å². The van der Waals surface area contributed by atoms with Crippen LogP contribution >= 0.6 is 0 Å². The van der Waals surface area contributed by atoms with E-state index in [0.29, 0.717) is 12.0 Å². The molecule has 0 bridgehead atoms. The van der Waals surface area contributed by atoms with Gasteiger partial charge in [0.25, 0.3) is 0 Å². The molecule has 3 nitrogen and oxygen atoms in total. The SMILES string of the molecule is CNC1C(CN2CCc3ccccc32)C(C)(C)OC1(C)C. The number of fused-ring (bicyclic) bond motifs is 1. The molecule has 0 amide bonds. The third-order valence-electron chi connectivity index (χ3n) is 5.28. The summed E-state index contributed by atoms with van der Waals surface area (Å²) in [4.78, 5) is 2.54. The molecule has 21 heavy (non-hydrogen) atoms. The Morgan fingerprint density at radius 3 is 2.62 bits per heavy atom. The number of ether oxygens (including phenoxy) is 1. The molecule has 2 heterocycles. The largest absolute Gasteiger partial charge is 0.371 e. The number of hydrogen-bond donors (Lipinski definition) is 1. The van der Waals surface area contributed by atoms with Crippen LogP contribution in [0.15, 0.2) is 24.3 Å². The van der Waals surface area contributed by atoms with Gasteiger partial charge in [-0.3, -0.25) is 0 Å². The van der Waals surface area contributed by atoms with Gasteiger partial charge in [0.05, 0.1) is 11.2 Å². The molecule has 2 aliphatic heterocycles. The van der Waals surface area contributed by atoms with Gasteiger partial charge in [0.2, 0.25) is 0 Å². The van der Waals surface area contributed by atoms with Crippen molar-refractivity contribution in [3.05, 3.63) is 29.8 Å². The van der Waals surface area contributed by atoms with E-state index in [4.69, 9.17) is 4.74 Å². The summed E-state index contributed by atoms with van der Waals surface area (Å²) >= 11 is 0. The van der Waals surface area contributed by atoms with Crippen LogP contribution in [-0.2, 0) is 11.2 Å². The zero-order chi connectivity index (χ0) is 15.3. The fourth-order valence-corrected chi connectivity index (χ4v) is 4.41. The highest BCUT2D eigenvalue weighted by Gasteiger charge is 2.53. The second-order valence-electron chi connectivity index (χ2n) is 7.51. The molecule has 3 heteroatoms. The third-order valence-corrected chi connectivity index (χ3v) is 5.28. The predicted octanol–water partition coefficient (Wildman–Crippen LogP) is 2.84. The first-order chi connectivity index (χ1) is 9.85. The molecule has 1 aromatic rings. The highest BCUT2D eigenvalue weighted by atomic mass is 16.5. The van der Waals surface area contributed by atoms with Crippen molar-refractivity contribution in [3.63, 3.8) is 0 Å². The Kier molecular flexibility index (Phi) is 3.53. The molecule has 0 aromatic heterocycles. The maximum atomic E-state index is 6.36. The zero-order valence-corrected chi connectivity index (χ0v) is 13.9. The predicted molar refractivity (Wildman–Crippen MR) is 87.9 cm³/mol. The van der Waals surface area contributed by atoms with Crippen molar-refractivity contribution in [1.82, 2.24) is 5.32 Å². The molecule has 116 valence electrons. The van der Waals surface area contributed by atoms with Crippen LogP contribution in [-0.4, -0.2) is 37.4 Å². The maximum Gasteiger partial charge on any atom is 0.0790 e. The van der Waals surface area contributed by atoms with E-state index in [-0.39, 0.29) is 11.2 Å². The first-order valence-corrected chi connectivity index (χ1v) is 8.05. The van der Waals surface area contributed by atoms with Crippen molar-refractivity contribution in [2.24, 2.45) is 5.92 Å². The standard InChI is InChI=1S/C18H28N2O/c1-17(2)14(16(19-5)18(3,4)21-17)12-20-11-10-13-8-6-7-9-15(13)20/h6-9,14,16,19H,10-12H2,1-5H3. The van der Waals surface area contributed by atoms with Crippen LogP contribution in [0.5, 0.6) is 0 Å². The molecule has 1 saturated heterocycles. The Labute approximate surface area is 128 Å². The van der Waals surface area contributed by atoms with E-state index >= 15 is 0 Å². The molecule has 0 radical (unpaired) electrons. The highest BCUT2D eigenvalue weighted by molar-refractivity contribution is 5.57. The van der Waals surface area contributed by atoms with Crippen LogP contribution in [0.3, 0.4) is 0 Å². The Morgan fingerprint density at radius 1 is 1.19 bits per heavy atom. The topological polar surface area (TPSA) is 24.5 Å². The van der Waals surface area contributed by atoms with Gasteiger partial charge in [-0.05, 0) is 52.8 Å².